The van der Waals surface area contributed by atoms with Crippen LogP contribution >= 0.6 is 0 Å². The van der Waals surface area contributed by atoms with Gasteiger partial charge in [0.15, 0.2) is 5.79 Å². The summed E-state index contributed by atoms with van der Waals surface area (Å²) in [7, 11) is 0. The molecule has 23 heavy (non-hydrogen) atoms. The van der Waals surface area contributed by atoms with Gasteiger partial charge in [0, 0.05) is 12.6 Å². The number of piperidine rings is 1. The van der Waals surface area contributed by atoms with Crippen LogP contribution in [0.15, 0.2) is 30.3 Å². The van der Waals surface area contributed by atoms with Crippen LogP contribution in [-0.4, -0.2) is 58.4 Å². The lowest BCUT2D eigenvalue weighted by Gasteiger charge is -2.46. The summed E-state index contributed by atoms with van der Waals surface area (Å²) in [6, 6.07) is 10.1. The van der Waals surface area contributed by atoms with E-state index < -0.39 is 11.9 Å². The first-order chi connectivity index (χ1) is 10.9. The van der Waals surface area contributed by atoms with Crippen molar-refractivity contribution in [3.63, 3.8) is 0 Å². The highest BCUT2D eigenvalue weighted by Crippen LogP contribution is 2.40. The van der Waals surface area contributed by atoms with Gasteiger partial charge >= 0.3 is 0 Å². The van der Waals surface area contributed by atoms with Crippen LogP contribution in [-0.2, 0) is 9.47 Å². The number of aliphatic hydroxyl groups is 2. The SMILES string of the molecule is C[C@H](c1ccccc1)N1CC[C@H]2OC(C)(C)O[C@H]2C1C(O)CO. The zero-order chi connectivity index (χ0) is 16.6. The van der Waals surface area contributed by atoms with Crippen molar-refractivity contribution >= 4 is 0 Å². The maximum atomic E-state index is 10.4. The molecule has 0 aromatic heterocycles. The van der Waals surface area contributed by atoms with E-state index in [9.17, 15) is 10.2 Å². The van der Waals surface area contributed by atoms with Crippen molar-refractivity contribution in [2.24, 2.45) is 0 Å². The minimum atomic E-state index is -0.855. The molecule has 2 saturated heterocycles. The van der Waals surface area contributed by atoms with Crippen molar-refractivity contribution < 1.29 is 19.7 Å². The fourth-order valence-corrected chi connectivity index (χ4v) is 3.91. The summed E-state index contributed by atoms with van der Waals surface area (Å²) in [5, 5.41) is 20.0. The second-order valence-electron chi connectivity index (χ2n) is 6.99. The molecule has 2 aliphatic rings. The Morgan fingerprint density at radius 1 is 1.26 bits per heavy atom. The van der Waals surface area contributed by atoms with E-state index in [1.807, 2.05) is 32.0 Å². The lowest BCUT2D eigenvalue weighted by atomic mass is 9.89. The molecule has 0 amide bonds. The van der Waals surface area contributed by atoms with Crippen LogP contribution in [0.1, 0.15) is 38.8 Å². The van der Waals surface area contributed by atoms with Crippen LogP contribution < -0.4 is 0 Å². The van der Waals surface area contributed by atoms with Crippen molar-refractivity contribution in [3.05, 3.63) is 35.9 Å². The molecule has 0 aliphatic carbocycles. The summed E-state index contributed by atoms with van der Waals surface area (Å²) in [5.74, 6) is -0.644. The number of fused-ring (bicyclic) bond motifs is 1. The number of likely N-dealkylation sites (tertiary alicyclic amines) is 1. The van der Waals surface area contributed by atoms with Gasteiger partial charge in [0.2, 0.25) is 0 Å². The molecule has 1 aromatic carbocycles. The van der Waals surface area contributed by atoms with Gasteiger partial charge in [-0.3, -0.25) is 4.90 Å². The van der Waals surface area contributed by atoms with E-state index in [4.69, 9.17) is 9.47 Å². The van der Waals surface area contributed by atoms with Crippen LogP contribution in [0.2, 0.25) is 0 Å². The van der Waals surface area contributed by atoms with Crippen LogP contribution in [0, 0.1) is 0 Å². The molecule has 0 saturated carbocycles. The Balaban J connectivity index is 1.87. The third kappa shape index (κ3) is 3.30. The largest absolute Gasteiger partial charge is 0.394 e. The van der Waals surface area contributed by atoms with Gasteiger partial charge in [0.25, 0.3) is 0 Å². The maximum Gasteiger partial charge on any atom is 0.163 e. The summed E-state index contributed by atoms with van der Waals surface area (Å²) >= 11 is 0. The molecule has 128 valence electrons. The molecular weight excluding hydrogens is 294 g/mol. The van der Waals surface area contributed by atoms with Crippen molar-refractivity contribution in [1.29, 1.82) is 0 Å². The molecule has 5 atom stereocenters. The Morgan fingerprint density at radius 2 is 1.96 bits per heavy atom. The van der Waals surface area contributed by atoms with Gasteiger partial charge in [-0.15, -0.1) is 0 Å². The first-order valence-corrected chi connectivity index (χ1v) is 8.38. The highest BCUT2D eigenvalue weighted by Gasteiger charge is 2.52. The molecule has 5 heteroatoms. The van der Waals surface area contributed by atoms with Crippen LogP contribution in [0.5, 0.6) is 0 Å². The average molecular weight is 321 g/mol. The molecule has 3 rings (SSSR count). The van der Waals surface area contributed by atoms with Gasteiger partial charge in [-0.05, 0) is 32.8 Å². The summed E-state index contributed by atoms with van der Waals surface area (Å²) in [4.78, 5) is 2.24. The predicted molar refractivity (Wildman–Crippen MR) is 86.9 cm³/mol. The fraction of sp³-hybridized carbons (Fsp3) is 0.667. The first kappa shape index (κ1) is 16.9. The molecule has 0 bridgehead atoms. The van der Waals surface area contributed by atoms with E-state index in [-0.39, 0.29) is 30.9 Å². The van der Waals surface area contributed by atoms with Gasteiger partial charge in [0.05, 0.1) is 24.9 Å². The monoisotopic (exact) mass is 321 g/mol. The summed E-state index contributed by atoms with van der Waals surface area (Å²) in [6.07, 6.45) is -0.256. The Labute approximate surface area is 137 Å². The third-order valence-electron chi connectivity index (χ3n) is 4.97. The van der Waals surface area contributed by atoms with Gasteiger partial charge in [-0.1, -0.05) is 30.3 Å². The topological polar surface area (TPSA) is 62.2 Å². The lowest BCUT2D eigenvalue weighted by molar-refractivity contribution is -0.155. The van der Waals surface area contributed by atoms with Crippen molar-refractivity contribution in [2.75, 3.05) is 13.2 Å². The number of rotatable bonds is 4. The quantitative estimate of drug-likeness (QED) is 0.884. The molecule has 2 fully saturated rings. The molecule has 0 radical (unpaired) electrons. The Hall–Kier alpha value is -0.980. The number of aliphatic hydroxyl groups excluding tert-OH is 2. The van der Waals surface area contributed by atoms with Crippen LogP contribution in [0.4, 0.5) is 0 Å². The molecule has 1 aromatic rings. The predicted octanol–water partition coefficient (Wildman–Crippen LogP) is 1.70. The molecule has 2 N–H and O–H groups in total. The highest BCUT2D eigenvalue weighted by molar-refractivity contribution is 5.19. The van der Waals surface area contributed by atoms with Crippen molar-refractivity contribution in [1.82, 2.24) is 4.90 Å². The van der Waals surface area contributed by atoms with Crippen LogP contribution in [0.3, 0.4) is 0 Å². The Bertz CT molecular complexity index is 521. The smallest absolute Gasteiger partial charge is 0.163 e. The number of nitrogens with zero attached hydrogens (tertiary/aromatic N) is 1. The van der Waals surface area contributed by atoms with Gasteiger partial charge < -0.3 is 19.7 Å². The molecule has 2 heterocycles. The number of hydrogen-bond acceptors (Lipinski definition) is 5. The molecule has 2 unspecified atom stereocenters. The highest BCUT2D eigenvalue weighted by atomic mass is 16.8. The molecule has 5 nitrogen and oxygen atoms in total. The normalized spacial score (nSPS) is 33.2. The van der Waals surface area contributed by atoms with E-state index in [1.54, 1.807) is 0 Å². The Kier molecular flexibility index (Phi) is 4.76. The van der Waals surface area contributed by atoms with E-state index in [2.05, 4.69) is 24.0 Å². The number of ether oxygens (including phenoxy) is 2. The van der Waals surface area contributed by atoms with Crippen LogP contribution in [0.25, 0.3) is 0 Å². The first-order valence-electron chi connectivity index (χ1n) is 8.38. The minimum Gasteiger partial charge on any atom is -0.394 e. The van der Waals surface area contributed by atoms with Gasteiger partial charge in [0.1, 0.15) is 6.10 Å². The number of benzene rings is 1. The molecule has 0 spiro atoms. The van der Waals surface area contributed by atoms with Crippen molar-refractivity contribution in [2.45, 2.75) is 63.4 Å². The van der Waals surface area contributed by atoms with E-state index in [0.29, 0.717) is 0 Å². The standard InChI is InChI=1S/C18H27NO4/c1-12(13-7-5-4-6-8-13)19-10-9-15-17(16(19)14(21)11-20)23-18(2,3)22-15/h4-8,12,14-17,20-21H,9-11H2,1-3H3/t12-,14?,15-,16?,17-/m1/s1. The van der Waals surface area contributed by atoms with E-state index in [0.717, 1.165) is 13.0 Å². The fourth-order valence-electron chi connectivity index (χ4n) is 3.91. The second-order valence-corrected chi connectivity index (χ2v) is 6.99. The Morgan fingerprint density at radius 3 is 2.61 bits per heavy atom. The van der Waals surface area contributed by atoms with Gasteiger partial charge in [-0.2, -0.15) is 0 Å². The average Bonchev–Trinajstić information content (AvgIpc) is 2.87. The zero-order valence-corrected chi connectivity index (χ0v) is 14.1. The summed E-state index contributed by atoms with van der Waals surface area (Å²) in [5.41, 5.74) is 1.19. The van der Waals surface area contributed by atoms with Crippen molar-refractivity contribution in [3.8, 4) is 0 Å². The van der Waals surface area contributed by atoms with Gasteiger partial charge in [-0.25, -0.2) is 0 Å². The summed E-state index contributed by atoms with van der Waals surface area (Å²) in [6.45, 7) is 6.46. The number of hydrogen-bond donors (Lipinski definition) is 2. The third-order valence-corrected chi connectivity index (χ3v) is 4.97. The maximum absolute atomic E-state index is 10.4. The van der Waals surface area contributed by atoms with E-state index in [1.165, 1.54) is 5.56 Å². The summed E-state index contributed by atoms with van der Waals surface area (Å²) < 4.78 is 12.0. The minimum absolute atomic E-state index is 0.0320. The molecular formula is C18H27NO4. The molecule has 2 aliphatic heterocycles. The second kappa shape index (κ2) is 6.49. The zero-order valence-electron chi connectivity index (χ0n) is 14.1. The van der Waals surface area contributed by atoms with E-state index >= 15 is 0 Å². The lowest BCUT2D eigenvalue weighted by Crippen LogP contribution is -2.60.